The van der Waals surface area contributed by atoms with Crippen molar-refractivity contribution in [3.63, 3.8) is 0 Å². The lowest BCUT2D eigenvalue weighted by Crippen LogP contribution is -2.32. The summed E-state index contributed by atoms with van der Waals surface area (Å²) in [7, 11) is 0. The number of hydrogen-bond acceptors (Lipinski definition) is 3. The Morgan fingerprint density at radius 1 is 1.27 bits per heavy atom. The molecule has 0 aliphatic heterocycles. The third-order valence-electron chi connectivity index (χ3n) is 5.19. The minimum Gasteiger partial charge on any atom is -0.478 e. The number of aliphatic hydroxyl groups is 1. The number of aliphatic hydroxyl groups excluding tert-OH is 1. The molecule has 2 aliphatic carbocycles. The Kier molecular flexibility index (Phi) is 4.79. The molecule has 4 heteroatoms. The molecule has 1 fully saturated rings. The Bertz CT molecular complexity index is 537. The van der Waals surface area contributed by atoms with Crippen LogP contribution >= 0.6 is 0 Å². The number of aromatic carboxylic acids is 1. The van der Waals surface area contributed by atoms with E-state index in [9.17, 15) is 9.90 Å². The number of rotatable bonds is 6. The fraction of sp³-hybridized carbons (Fsp3) is 0.611. The second kappa shape index (κ2) is 6.80. The zero-order chi connectivity index (χ0) is 15.5. The van der Waals surface area contributed by atoms with E-state index < -0.39 is 12.2 Å². The molecule has 0 radical (unpaired) electrons. The molecule has 0 spiro atoms. The molecule has 0 aromatic heterocycles. The third-order valence-corrected chi connectivity index (χ3v) is 5.19. The van der Waals surface area contributed by atoms with E-state index in [4.69, 9.17) is 5.11 Å². The van der Waals surface area contributed by atoms with Gasteiger partial charge in [0.25, 0.3) is 0 Å². The number of aryl methyl sites for hydroxylation is 1. The summed E-state index contributed by atoms with van der Waals surface area (Å²) in [6.45, 7) is 0. The summed E-state index contributed by atoms with van der Waals surface area (Å²) in [6, 6.07) is 5.41. The van der Waals surface area contributed by atoms with Gasteiger partial charge < -0.3 is 10.2 Å². The first-order valence-electron chi connectivity index (χ1n) is 8.43. The average molecular weight is 303 g/mol. The van der Waals surface area contributed by atoms with E-state index in [-0.39, 0.29) is 6.04 Å². The smallest absolute Gasteiger partial charge is 0.335 e. The molecule has 2 atom stereocenters. The van der Waals surface area contributed by atoms with Crippen LogP contribution in [0, 0.1) is 5.92 Å². The van der Waals surface area contributed by atoms with Gasteiger partial charge in [-0.2, -0.15) is 0 Å². The van der Waals surface area contributed by atoms with Crippen molar-refractivity contribution < 1.29 is 15.0 Å². The number of hydrogen-bond donors (Lipinski definition) is 3. The van der Waals surface area contributed by atoms with Gasteiger partial charge in [-0.15, -0.1) is 0 Å². The Labute approximate surface area is 131 Å². The Morgan fingerprint density at radius 2 is 2.05 bits per heavy atom. The minimum absolute atomic E-state index is 0.0767. The van der Waals surface area contributed by atoms with Crippen LogP contribution in [-0.4, -0.2) is 22.4 Å². The fourth-order valence-electron chi connectivity index (χ4n) is 3.92. The molecule has 4 nitrogen and oxygen atoms in total. The van der Waals surface area contributed by atoms with Gasteiger partial charge in [-0.05, 0) is 54.9 Å². The SMILES string of the molecule is O=C(O)c1ccc2c(c1)C(NC(O)CCC1CCCC1)CC2. The highest BCUT2D eigenvalue weighted by Gasteiger charge is 2.25. The van der Waals surface area contributed by atoms with Crippen LogP contribution in [-0.2, 0) is 6.42 Å². The molecular formula is C18H25NO3. The molecule has 0 amide bonds. The topological polar surface area (TPSA) is 69.6 Å². The number of carboxylic acid groups (broad SMARTS) is 1. The van der Waals surface area contributed by atoms with E-state index in [1.54, 1.807) is 12.1 Å². The van der Waals surface area contributed by atoms with Gasteiger partial charge >= 0.3 is 5.97 Å². The summed E-state index contributed by atoms with van der Waals surface area (Å²) in [4.78, 5) is 11.1. The van der Waals surface area contributed by atoms with Crippen molar-refractivity contribution in [2.24, 2.45) is 5.92 Å². The van der Waals surface area contributed by atoms with Crippen molar-refractivity contribution in [3.8, 4) is 0 Å². The van der Waals surface area contributed by atoms with Gasteiger partial charge in [0, 0.05) is 6.04 Å². The molecule has 120 valence electrons. The quantitative estimate of drug-likeness (QED) is 0.706. The van der Waals surface area contributed by atoms with E-state index in [0.717, 1.165) is 37.2 Å². The van der Waals surface area contributed by atoms with Crippen LogP contribution in [0.25, 0.3) is 0 Å². The van der Waals surface area contributed by atoms with Crippen molar-refractivity contribution in [2.75, 3.05) is 0 Å². The van der Waals surface area contributed by atoms with E-state index >= 15 is 0 Å². The van der Waals surface area contributed by atoms with Crippen LogP contribution < -0.4 is 5.32 Å². The molecule has 0 saturated heterocycles. The van der Waals surface area contributed by atoms with Gasteiger partial charge in [-0.1, -0.05) is 31.7 Å². The first kappa shape index (κ1) is 15.5. The largest absolute Gasteiger partial charge is 0.478 e. The molecule has 1 saturated carbocycles. The lowest BCUT2D eigenvalue weighted by molar-refractivity contribution is 0.0696. The summed E-state index contributed by atoms with van der Waals surface area (Å²) in [5.74, 6) is -0.110. The van der Waals surface area contributed by atoms with Gasteiger partial charge in [0.2, 0.25) is 0 Å². The predicted octanol–water partition coefficient (Wildman–Crippen LogP) is 3.25. The monoisotopic (exact) mass is 303 g/mol. The number of fused-ring (bicyclic) bond motifs is 1. The average Bonchev–Trinajstić information content (AvgIpc) is 3.14. The maximum atomic E-state index is 11.1. The number of carbonyl (C=O) groups is 1. The van der Waals surface area contributed by atoms with Crippen LogP contribution in [0.1, 0.15) is 72.5 Å². The summed E-state index contributed by atoms with van der Waals surface area (Å²) in [5.41, 5.74) is 2.57. The van der Waals surface area contributed by atoms with E-state index in [2.05, 4.69) is 5.32 Å². The first-order valence-corrected chi connectivity index (χ1v) is 8.43. The maximum Gasteiger partial charge on any atom is 0.335 e. The molecule has 1 aromatic carbocycles. The molecule has 22 heavy (non-hydrogen) atoms. The standard InChI is InChI=1S/C18H25NO3/c20-17(10-5-12-3-1-2-4-12)19-16-9-8-13-6-7-14(18(21)22)11-15(13)16/h6-7,11-12,16-17,19-20H,1-5,8-10H2,(H,21,22). The van der Waals surface area contributed by atoms with Gasteiger partial charge in [-0.25, -0.2) is 4.79 Å². The Hall–Kier alpha value is -1.39. The summed E-state index contributed by atoms with van der Waals surface area (Å²) in [6.07, 6.45) is 8.54. The molecule has 2 unspecified atom stereocenters. The molecular weight excluding hydrogens is 278 g/mol. The molecule has 2 aliphatic rings. The van der Waals surface area contributed by atoms with Crippen LogP contribution in [0.3, 0.4) is 0 Å². The fourth-order valence-corrected chi connectivity index (χ4v) is 3.92. The number of carboxylic acids is 1. The Morgan fingerprint density at radius 3 is 2.77 bits per heavy atom. The minimum atomic E-state index is -0.893. The normalized spacial score (nSPS) is 22.7. The zero-order valence-corrected chi connectivity index (χ0v) is 12.9. The van der Waals surface area contributed by atoms with Crippen molar-refractivity contribution in [3.05, 3.63) is 34.9 Å². The molecule has 3 N–H and O–H groups in total. The van der Waals surface area contributed by atoms with Crippen LogP contribution in [0.2, 0.25) is 0 Å². The number of benzene rings is 1. The second-order valence-corrected chi connectivity index (χ2v) is 6.72. The highest BCUT2D eigenvalue weighted by molar-refractivity contribution is 5.88. The lowest BCUT2D eigenvalue weighted by Gasteiger charge is -2.21. The number of nitrogens with one attached hydrogen (secondary N) is 1. The van der Waals surface area contributed by atoms with Gasteiger partial charge in [0.1, 0.15) is 6.23 Å². The van der Waals surface area contributed by atoms with Gasteiger partial charge in [-0.3, -0.25) is 5.32 Å². The van der Waals surface area contributed by atoms with Crippen LogP contribution in [0.15, 0.2) is 18.2 Å². The van der Waals surface area contributed by atoms with Crippen molar-refractivity contribution in [1.82, 2.24) is 5.32 Å². The summed E-state index contributed by atoms with van der Waals surface area (Å²) < 4.78 is 0. The van der Waals surface area contributed by atoms with E-state index in [0.29, 0.717) is 5.56 Å². The van der Waals surface area contributed by atoms with Gasteiger partial charge in [0.05, 0.1) is 5.56 Å². The molecule has 3 rings (SSSR count). The Balaban J connectivity index is 1.57. The van der Waals surface area contributed by atoms with Crippen molar-refractivity contribution in [2.45, 2.75) is 63.6 Å². The predicted molar refractivity (Wildman–Crippen MR) is 84.8 cm³/mol. The third kappa shape index (κ3) is 3.50. The highest BCUT2D eigenvalue weighted by atomic mass is 16.4. The summed E-state index contributed by atoms with van der Waals surface area (Å²) in [5, 5.41) is 22.7. The van der Waals surface area contributed by atoms with E-state index in [1.807, 2.05) is 6.07 Å². The lowest BCUT2D eigenvalue weighted by atomic mass is 10.0. The molecule has 0 bridgehead atoms. The highest BCUT2D eigenvalue weighted by Crippen LogP contribution is 2.33. The zero-order valence-electron chi connectivity index (χ0n) is 12.9. The van der Waals surface area contributed by atoms with Crippen molar-refractivity contribution in [1.29, 1.82) is 0 Å². The van der Waals surface area contributed by atoms with Crippen molar-refractivity contribution >= 4 is 5.97 Å². The molecule has 0 heterocycles. The maximum absolute atomic E-state index is 11.1. The van der Waals surface area contributed by atoms with Crippen LogP contribution in [0.4, 0.5) is 0 Å². The summed E-state index contributed by atoms with van der Waals surface area (Å²) >= 11 is 0. The first-order chi connectivity index (χ1) is 10.6. The van der Waals surface area contributed by atoms with Gasteiger partial charge in [0.15, 0.2) is 0 Å². The second-order valence-electron chi connectivity index (χ2n) is 6.72. The van der Waals surface area contributed by atoms with E-state index in [1.165, 1.54) is 31.2 Å². The molecule has 1 aromatic rings. The van der Waals surface area contributed by atoms with Crippen LogP contribution in [0.5, 0.6) is 0 Å².